The van der Waals surface area contributed by atoms with E-state index in [4.69, 9.17) is 23.2 Å². The van der Waals surface area contributed by atoms with Gasteiger partial charge in [-0.05, 0) is 24.5 Å². The van der Waals surface area contributed by atoms with Gasteiger partial charge in [-0.1, -0.05) is 44.0 Å². The van der Waals surface area contributed by atoms with Crippen LogP contribution in [-0.4, -0.2) is 18.1 Å². The molecule has 1 saturated heterocycles. The van der Waals surface area contributed by atoms with Crippen molar-refractivity contribution in [2.75, 3.05) is 4.90 Å². The van der Waals surface area contributed by atoms with E-state index in [2.05, 4.69) is 5.32 Å². The molecule has 1 aromatic carbocycles. The van der Waals surface area contributed by atoms with Crippen LogP contribution in [0.1, 0.15) is 27.7 Å². The Morgan fingerprint density at radius 1 is 1.25 bits per heavy atom. The van der Waals surface area contributed by atoms with Gasteiger partial charge in [0.15, 0.2) is 5.82 Å². The zero-order valence-corrected chi connectivity index (χ0v) is 13.3. The Hall–Kier alpha value is -0.840. The van der Waals surface area contributed by atoms with Gasteiger partial charge in [-0.25, -0.2) is 4.39 Å². The molecule has 110 valence electrons. The molecule has 0 aromatic heterocycles. The number of hydrogen-bond acceptors (Lipinski definition) is 2. The highest BCUT2D eigenvalue weighted by Gasteiger charge is 2.43. The molecule has 1 aliphatic rings. The first kappa shape index (κ1) is 15.5. The number of nitrogens with one attached hydrogen (secondary N) is 1. The number of anilines is 1. The zero-order chi connectivity index (χ0) is 15.2. The number of rotatable bonds is 1. The van der Waals surface area contributed by atoms with Crippen molar-refractivity contribution in [2.45, 2.75) is 39.9 Å². The van der Waals surface area contributed by atoms with Crippen LogP contribution in [0.5, 0.6) is 0 Å². The van der Waals surface area contributed by atoms with Gasteiger partial charge < -0.3 is 0 Å². The zero-order valence-electron chi connectivity index (χ0n) is 11.8. The lowest BCUT2D eigenvalue weighted by Crippen LogP contribution is -2.47. The Balaban J connectivity index is 2.51. The van der Waals surface area contributed by atoms with Crippen LogP contribution in [-0.2, 0) is 4.79 Å². The van der Waals surface area contributed by atoms with Crippen LogP contribution in [0.25, 0.3) is 0 Å². The summed E-state index contributed by atoms with van der Waals surface area (Å²) in [6, 6.07) is 2.56. The first-order chi connectivity index (χ1) is 9.12. The highest BCUT2D eigenvalue weighted by Crippen LogP contribution is 2.36. The normalized spacial score (nSPS) is 23.6. The Kier molecular flexibility index (Phi) is 4.02. The molecule has 1 heterocycles. The summed E-state index contributed by atoms with van der Waals surface area (Å²) >= 11 is 11.7. The fourth-order valence-corrected chi connectivity index (χ4v) is 2.79. The maximum atomic E-state index is 13.5. The van der Waals surface area contributed by atoms with E-state index in [1.54, 1.807) is 11.8 Å². The number of halogens is 3. The molecular formula is C14H17Cl2FN2O. The maximum Gasteiger partial charge on any atom is 0.245 e. The third kappa shape index (κ3) is 2.65. The molecular weight excluding hydrogens is 302 g/mol. The van der Waals surface area contributed by atoms with E-state index >= 15 is 0 Å². The summed E-state index contributed by atoms with van der Waals surface area (Å²) in [5.41, 5.74) is 0.316. The predicted octanol–water partition coefficient (Wildman–Crippen LogP) is 3.83. The molecule has 2 atom stereocenters. The first-order valence-electron chi connectivity index (χ1n) is 6.36. The Labute approximate surface area is 128 Å². The molecule has 6 heteroatoms. The Morgan fingerprint density at radius 3 is 2.20 bits per heavy atom. The number of nitrogens with zero attached hydrogens (tertiary/aromatic N) is 1. The summed E-state index contributed by atoms with van der Waals surface area (Å²) in [4.78, 5) is 14.0. The number of amides is 1. The molecule has 1 unspecified atom stereocenters. The summed E-state index contributed by atoms with van der Waals surface area (Å²) in [6.45, 7) is 7.87. The van der Waals surface area contributed by atoms with Crippen molar-refractivity contribution in [1.82, 2.24) is 5.32 Å². The average molecular weight is 319 g/mol. The Bertz CT molecular complexity index is 534. The molecule has 0 aliphatic carbocycles. The molecule has 1 fully saturated rings. The summed E-state index contributed by atoms with van der Waals surface area (Å²) in [6.07, 6.45) is -0.206. The maximum absolute atomic E-state index is 13.5. The SMILES string of the molecule is C[C@H]1NC(C(C)(C)C)N(c2cc(Cl)c(F)c(Cl)c2)C1=O. The Morgan fingerprint density at radius 2 is 1.75 bits per heavy atom. The van der Waals surface area contributed by atoms with Crippen LogP contribution >= 0.6 is 23.2 Å². The van der Waals surface area contributed by atoms with Crippen molar-refractivity contribution < 1.29 is 9.18 Å². The number of carbonyl (C=O) groups is 1. The first-order valence-corrected chi connectivity index (χ1v) is 7.12. The van der Waals surface area contributed by atoms with Gasteiger partial charge in [-0.15, -0.1) is 0 Å². The van der Waals surface area contributed by atoms with Gasteiger partial charge in [-0.2, -0.15) is 0 Å². The van der Waals surface area contributed by atoms with E-state index in [0.717, 1.165) is 0 Å². The average Bonchev–Trinajstić information content (AvgIpc) is 2.62. The smallest absolute Gasteiger partial charge is 0.245 e. The summed E-state index contributed by atoms with van der Waals surface area (Å²) < 4.78 is 13.5. The van der Waals surface area contributed by atoms with Gasteiger partial charge in [0, 0.05) is 5.69 Å². The van der Waals surface area contributed by atoms with E-state index in [9.17, 15) is 9.18 Å². The number of benzene rings is 1. The second kappa shape index (κ2) is 5.17. The minimum atomic E-state index is -0.669. The molecule has 0 spiro atoms. The largest absolute Gasteiger partial charge is 0.294 e. The summed E-state index contributed by atoms with van der Waals surface area (Å²) in [5, 5.41) is 3.06. The standard InChI is InChI=1S/C14H17Cl2FN2O/c1-7-12(20)19(13(18-7)14(2,3)4)8-5-9(15)11(17)10(16)6-8/h5-7,13,18H,1-4H3/t7-,13?/m1/s1. The lowest BCUT2D eigenvalue weighted by molar-refractivity contribution is -0.118. The van der Waals surface area contributed by atoms with Crippen LogP contribution in [0.4, 0.5) is 10.1 Å². The van der Waals surface area contributed by atoms with Gasteiger partial charge in [0.1, 0.15) is 0 Å². The molecule has 0 bridgehead atoms. The van der Waals surface area contributed by atoms with E-state index in [-0.39, 0.29) is 33.6 Å². The minimum absolute atomic E-state index is 0.0799. The second-order valence-electron chi connectivity index (χ2n) is 6.09. The third-order valence-corrected chi connectivity index (χ3v) is 3.89. The van der Waals surface area contributed by atoms with Crippen molar-refractivity contribution in [3.05, 3.63) is 28.0 Å². The molecule has 0 saturated carbocycles. The fraction of sp³-hybridized carbons (Fsp3) is 0.500. The fourth-order valence-electron chi connectivity index (χ4n) is 2.31. The highest BCUT2D eigenvalue weighted by molar-refractivity contribution is 6.35. The molecule has 1 aliphatic heterocycles. The van der Waals surface area contributed by atoms with Gasteiger partial charge in [0.05, 0.1) is 22.3 Å². The highest BCUT2D eigenvalue weighted by atomic mass is 35.5. The van der Waals surface area contributed by atoms with E-state index < -0.39 is 5.82 Å². The van der Waals surface area contributed by atoms with Crippen molar-refractivity contribution in [3.8, 4) is 0 Å². The van der Waals surface area contributed by atoms with E-state index in [1.165, 1.54) is 12.1 Å². The molecule has 1 amide bonds. The van der Waals surface area contributed by atoms with Crippen LogP contribution < -0.4 is 10.2 Å². The number of carbonyl (C=O) groups excluding carboxylic acids is 1. The quantitative estimate of drug-likeness (QED) is 0.798. The van der Waals surface area contributed by atoms with Crippen molar-refractivity contribution in [2.24, 2.45) is 5.41 Å². The lowest BCUT2D eigenvalue weighted by Gasteiger charge is -2.34. The van der Waals surface area contributed by atoms with Crippen molar-refractivity contribution in [3.63, 3.8) is 0 Å². The van der Waals surface area contributed by atoms with Crippen LogP contribution in [0.3, 0.4) is 0 Å². The second-order valence-corrected chi connectivity index (χ2v) is 6.90. The summed E-state index contributed by atoms with van der Waals surface area (Å²) in [5.74, 6) is -0.749. The van der Waals surface area contributed by atoms with E-state index in [1.807, 2.05) is 20.8 Å². The molecule has 0 radical (unpaired) electrons. The predicted molar refractivity (Wildman–Crippen MR) is 79.7 cm³/mol. The van der Waals surface area contributed by atoms with Crippen molar-refractivity contribution in [1.29, 1.82) is 0 Å². The number of hydrogen-bond donors (Lipinski definition) is 1. The monoisotopic (exact) mass is 318 g/mol. The summed E-state index contributed by atoms with van der Waals surface area (Å²) in [7, 11) is 0. The molecule has 3 nitrogen and oxygen atoms in total. The van der Waals surface area contributed by atoms with Gasteiger partial charge in [0.2, 0.25) is 5.91 Å². The van der Waals surface area contributed by atoms with Crippen LogP contribution in [0.2, 0.25) is 10.0 Å². The third-order valence-electron chi connectivity index (χ3n) is 3.34. The van der Waals surface area contributed by atoms with Gasteiger partial charge >= 0.3 is 0 Å². The topological polar surface area (TPSA) is 32.3 Å². The van der Waals surface area contributed by atoms with E-state index in [0.29, 0.717) is 5.69 Å². The van der Waals surface area contributed by atoms with Crippen molar-refractivity contribution >= 4 is 34.8 Å². The lowest BCUT2D eigenvalue weighted by atomic mass is 9.91. The van der Waals surface area contributed by atoms with Crippen LogP contribution in [0.15, 0.2) is 12.1 Å². The molecule has 2 rings (SSSR count). The molecule has 20 heavy (non-hydrogen) atoms. The van der Waals surface area contributed by atoms with Crippen LogP contribution in [0, 0.1) is 11.2 Å². The molecule has 1 aromatic rings. The van der Waals surface area contributed by atoms with Gasteiger partial charge in [-0.3, -0.25) is 15.0 Å². The minimum Gasteiger partial charge on any atom is -0.294 e. The van der Waals surface area contributed by atoms with Gasteiger partial charge in [0.25, 0.3) is 0 Å². The molecule has 1 N–H and O–H groups in total.